The van der Waals surface area contributed by atoms with Crippen LogP contribution in [0.1, 0.15) is 45.4 Å². The van der Waals surface area contributed by atoms with E-state index in [1.165, 1.54) is 71.2 Å². The number of nitrogens with two attached hydrogens (primary N) is 1. The van der Waals surface area contributed by atoms with Crippen LogP contribution in [-0.4, -0.2) is 54.6 Å². The van der Waals surface area contributed by atoms with Crippen molar-refractivity contribution in [2.24, 2.45) is 5.73 Å². The maximum atomic E-state index is 6.15. The van der Waals surface area contributed by atoms with E-state index in [0.29, 0.717) is 5.54 Å². The van der Waals surface area contributed by atoms with Gasteiger partial charge in [-0.1, -0.05) is 32.6 Å². The summed E-state index contributed by atoms with van der Waals surface area (Å²) in [4.78, 5) is 5.27. The second-order valence-electron chi connectivity index (χ2n) is 5.76. The summed E-state index contributed by atoms with van der Waals surface area (Å²) in [5.41, 5.74) is 6.49. The fourth-order valence-corrected chi connectivity index (χ4v) is 3.57. The molecule has 2 N–H and O–H groups in total. The van der Waals surface area contributed by atoms with Crippen molar-refractivity contribution in [2.75, 3.05) is 39.3 Å². The van der Waals surface area contributed by atoms with Gasteiger partial charge < -0.3 is 10.6 Å². The molecule has 0 radical (unpaired) electrons. The predicted octanol–water partition coefficient (Wildman–Crippen LogP) is 1.68. The van der Waals surface area contributed by atoms with Crippen molar-refractivity contribution in [3.05, 3.63) is 0 Å². The summed E-state index contributed by atoms with van der Waals surface area (Å²) in [5.74, 6) is 0. The van der Waals surface area contributed by atoms with E-state index < -0.39 is 0 Å². The standard InChI is InChI=1S/C14H29N3/c1-2-16-9-11-17(12-10-16)14(13-15)7-5-3-4-6-8-14/h2-13,15H2,1H3. The van der Waals surface area contributed by atoms with Gasteiger partial charge in [0.1, 0.15) is 0 Å². The van der Waals surface area contributed by atoms with Gasteiger partial charge in [-0.3, -0.25) is 4.90 Å². The summed E-state index contributed by atoms with van der Waals surface area (Å²) in [5, 5.41) is 0. The molecule has 1 heterocycles. The average molecular weight is 239 g/mol. The van der Waals surface area contributed by atoms with Crippen LogP contribution < -0.4 is 5.73 Å². The number of rotatable bonds is 3. The molecule has 2 fully saturated rings. The summed E-state index contributed by atoms with van der Waals surface area (Å²) >= 11 is 0. The van der Waals surface area contributed by atoms with E-state index in [9.17, 15) is 0 Å². The molecule has 0 aromatic rings. The van der Waals surface area contributed by atoms with Gasteiger partial charge in [0, 0.05) is 38.3 Å². The van der Waals surface area contributed by atoms with Crippen LogP contribution >= 0.6 is 0 Å². The first-order chi connectivity index (χ1) is 8.30. The Morgan fingerprint density at radius 2 is 1.53 bits per heavy atom. The Bertz CT molecular complexity index is 214. The topological polar surface area (TPSA) is 32.5 Å². The molecule has 0 spiro atoms. The maximum absolute atomic E-state index is 6.15. The third-order valence-electron chi connectivity index (χ3n) is 4.90. The average Bonchev–Trinajstić information content (AvgIpc) is 2.65. The van der Waals surface area contributed by atoms with Gasteiger partial charge in [0.2, 0.25) is 0 Å². The maximum Gasteiger partial charge on any atom is 0.0332 e. The van der Waals surface area contributed by atoms with Gasteiger partial charge in [0.05, 0.1) is 0 Å². The summed E-state index contributed by atoms with van der Waals surface area (Å²) in [7, 11) is 0. The molecular formula is C14H29N3. The normalized spacial score (nSPS) is 27.9. The van der Waals surface area contributed by atoms with E-state index in [4.69, 9.17) is 5.73 Å². The van der Waals surface area contributed by atoms with Gasteiger partial charge in [0.15, 0.2) is 0 Å². The Balaban J connectivity index is 1.97. The Morgan fingerprint density at radius 3 is 2.00 bits per heavy atom. The summed E-state index contributed by atoms with van der Waals surface area (Å²) in [6.07, 6.45) is 8.25. The summed E-state index contributed by atoms with van der Waals surface area (Å²) in [6, 6.07) is 0. The number of piperazine rings is 1. The van der Waals surface area contributed by atoms with Crippen molar-refractivity contribution < 1.29 is 0 Å². The van der Waals surface area contributed by atoms with E-state index in [2.05, 4.69) is 16.7 Å². The highest BCUT2D eigenvalue weighted by atomic mass is 15.3. The van der Waals surface area contributed by atoms with Crippen LogP contribution in [0.25, 0.3) is 0 Å². The molecule has 0 amide bonds. The van der Waals surface area contributed by atoms with Crippen LogP contribution in [0.3, 0.4) is 0 Å². The molecule has 1 saturated carbocycles. The first-order valence-corrected chi connectivity index (χ1v) is 7.48. The van der Waals surface area contributed by atoms with Crippen molar-refractivity contribution in [3.8, 4) is 0 Å². The molecule has 1 aliphatic heterocycles. The van der Waals surface area contributed by atoms with Gasteiger partial charge in [-0.05, 0) is 19.4 Å². The fraction of sp³-hybridized carbons (Fsp3) is 1.00. The molecule has 1 aliphatic carbocycles. The predicted molar refractivity (Wildman–Crippen MR) is 73.2 cm³/mol. The fourth-order valence-electron chi connectivity index (χ4n) is 3.57. The van der Waals surface area contributed by atoms with Crippen molar-refractivity contribution >= 4 is 0 Å². The zero-order valence-corrected chi connectivity index (χ0v) is 11.5. The Labute approximate surface area is 106 Å². The molecule has 2 rings (SSSR count). The quantitative estimate of drug-likeness (QED) is 0.761. The zero-order chi connectivity index (χ0) is 12.1. The van der Waals surface area contributed by atoms with E-state index in [1.54, 1.807) is 0 Å². The minimum Gasteiger partial charge on any atom is -0.329 e. The lowest BCUT2D eigenvalue weighted by molar-refractivity contribution is 0.0279. The Kier molecular flexibility index (Phi) is 4.83. The van der Waals surface area contributed by atoms with Crippen molar-refractivity contribution in [3.63, 3.8) is 0 Å². The van der Waals surface area contributed by atoms with Crippen LogP contribution in [0.5, 0.6) is 0 Å². The number of hydrogen-bond donors (Lipinski definition) is 1. The molecule has 0 aromatic carbocycles. The molecule has 2 aliphatic rings. The third kappa shape index (κ3) is 3.01. The minimum atomic E-state index is 0.344. The number of likely N-dealkylation sites (N-methyl/N-ethyl adjacent to an activating group) is 1. The van der Waals surface area contributed by atoms with Crippen LogP contribution in [0.2, 0.25) is 0 Å². The van der Waals surface area contributed by atoms with E-state index in [-0.39, 0.29) is 0 Å². The minimum absolute atomic E-state index is 0.344. The van der Waals surface area contributed by atoms with Crippen LogP contribution in [0.4, 0.5) is 0 Å². The van der Waals surface area contributed by atoms with Gasteiger partial charge in [0.25, 0.3) is 0 Å². The first-order valence-electron chi connectivity index (χ1n) is 7.48. The van der Waals surface area contributed by atoms with E-state index in [0.717, 1.165) is 6.54 Å². The lowest BCUT2D eigenvalue weighted by atomic mass is 9.87. The lowest BCUT2D eigenvalue weighted by Crippen LogP contribution is -2.60. The molecule has 0 bridgehead atoms. The molecule has 17 heavy (non-hydrogen) atoms. The molecule has 3 heteroatoms. The number of hydrogen-bond acceptors (Lipinski definition) is 3. The van der Waals surface area contributed by atoms with Gasteiger partial charge in [-0.15, -0.1) is 0 Å². The highest BCUT2D eigenvalue weighted by molar-refractivity contribution is 4.95. The lowest BCUT2D eigenvalue weighted by Gasteiger charge is -2.47. The highest BCUT2D eigenvalue weighted by Crippen LogP contribution is 2.32. The molecule has 1 saturated heterocycles. The molecular weight excluding hydrogens is 210 g/mol. The van der Waals surface area contributed by atoms with Crippen molar-refractivity contribution in [1.82, 2.24) is 9.80 Å². The summed E-state index contributed by atoms with van der Waals surface area (Å²) < 4.78 is 0. The molecule has 0 unspecified atom stereocenters. The van der Waals surface area contributed by atoms with Gasteiger partial charge >= 0.3 is 0 Å². The van der Waals surface area contributed by atoms with Crippen LogP contribution in [-0.2, 0) is 0 Å². The molecule has 0 aromatic heterocycles. The Hall–Kier alpha value is -0.120. The smallest absolute Gasteiger partial charge is 0.0332 e. The first kappa shape index (κ1) is 13.3. The van der Waals surface area contributed by atoms with E-state index >= 15 is 0 Å². The second-order valence-corrected chi connectivity index (χ2v) is 5.76. The number of nitrogens with zero attached hydrogens (tertiary/aromatic N) is 2. The van der Waals surface area contributed by atoms with Crippen LogP contribution in [0.15, 0.2) is 0 Å². The van der Waals surface area contributed by atoms with E-state index in [1.807, 2.05) is 0 Å². The van der Waals surface area contributed by atoms with Gasteiger partial charge in [-0.25, -0.2) is 0 Å². The monoisotopic (exact) mass is 239 g/mol. The largest absolute Gasteiger partial charge is 0.329 e. The molecule has 100 valence electrons. The second kappa shape index (κ2) is 6.17. The molecule has 3 nitrogen and oxygen atoms in total. The van der Waals surface area contributed by atoms with Crippen molar-refractivity contribution in [2.45, 2.75) is 51.0 Å². The zero-order valence-electron chi connectivity index (χ0n) is 11.5. The third-order valence-corrected chi connectivity index (χ3v) is 4.90. The summed E-state index contributed by atoms with van der Waals surface area (Å²) in [6.45, 7) is 9.25. The Morgan fingerprint density at radius 1 is 0.941 bits per heavy atom. The SMILES string of the molecule is CCN1CCN(C2(CN)CCCCCC2)CC1. The molecule has 0 atom stereocenters. The van der Waals surface area contributed by atoms with Crippen molar-refractivity contribution in [1.29, 1.82) is 0 Å². The highest BCUT2D eigenvalue weighted by Gasteiger charge is 2.36. The van der Waals surface area contributed by atoms with Crippen LogP contribution in [0, 0.1) is 0 Å². The van der Waals surface area contributed by atoms with Gasteiger partial charge in [-0.2, -0.15) is 0 Å².